The predicted molar refractivity (Wildman–Crippen MR) is 94.8 cm³/mol. The van der Waals surface area contributed by atoms with Gasteiger partial charge in [0.15, 0.2) is 9.84 Å². The normalized spacial score (nSPS) is 17.7. The maximum atomic E-state index is 12.0. The predicted octanol–water partition coefficient (Wildman–Crippen LogP) is 4.33. The smallest absolute Gasteiger partial charge is 0.264 e. The molecule has 0 spiro atoms. The first-order valence-electron chi connectivity index (χ1n) is 6.92. The summed E-state index contributed by atoms with van der Waals surface area (Å²) in [5.74, 6) is 1.22. The van der Waals surface area contributed by atoms with Crippen molar-refractivity contribution in [3.05, 3.63) is 51.7 Å². The lowest BCUT2D eigenvalue weighted by Crippen LogP contribution is -2.19. The minimum atomic E-state index is -0.188. The number of carbonyl (C=O) groups is 1. The van der Waals surface area contributed by atoms with E-state index in [4.69, 9.17) is 9.15 Å². The molecule has 0 unspecified atom stereocenters. The van der Waals surface area contributed by atoms with E-state index in [2.05, 4.69) is 26.2 Å². The summed E-state index contributed by atoms with van der Waals surface area (Å²) in [6.45, 7) is 2.56. The zero-order valence-electron chi connectivity index (χ0n) is 12.2. The number of thioether (sulfide) groups is 1. The van der Waals surface area contributed by atoms with Crippen LogP contribution in [-0.2, 0) is 4.79 Å². The number of ether oxygens (including phenoxy) is 1. The molecule has 2 heterocycles. The number of amides is 1. The molecule has 1 aromatic carbocycles. The standard InChI is InChI=1S/C16H13BrN2O3S/c1-2-21-11-5-3-10(4-6-11)18-16-19-15(20)13(23-16)9-12-7-8-14(17)22-12/h3-9H,2H2,1H3,(H,18,19,20)/b13-9-. The van der Waals surface area contributed by atoms with Gasteiger partial charge in [0.1, 0.15) is 11.5 Å². The number of furan rings is 1. The van der Waals surface area contributed by atoms with Gasteiger partial charge in [-0.3, -0.25) is 4.79 Å². The molecule has 0 atom stereocenters. The molecule has 1 saturated heterocycles. The van der Waals surface area contributed by atoms with Gasteiger partial charge in [0, 0.05) is 6.08 Å². The summed E-state index contributed by atoms with van der Waals surface area (Å²) in [5, 5.41) is 3.28. The molecule has 0 bridgehead atoms. The molecule has 3 rings (SSSR count). The summed E-state index contributed by atoms with van der Waals surface area (Å²) >= 11 is 4.51. The van der Waals surface area contributed by atoms with Crippen molar-refractivity contribution in [2.24, 2.45) is 4.99 Å². The van der Waals surface area contributed by atoms with Gasteiger partial charge in [0.25, 0.3) is 5.91 Å². The van der Waals surface area contributed by atoms with Crippen molar-refractivity contribution in [1.82, 2.24) is 5.32 Å². The van der Waals surface area contributed by atoms with E-state index in [-0.39, 0.29) is 5.91 Å². The third-order valence-electron chi connectivity index (χ3n) is 2.90. The summed E-state index contributed by atoms with van der Waals surface area (Å²) in [5.41, 5.74) is 0.748. The van der Waals surface area contributed by atoms with Crippen LogP contribution in [0.5, 0.6) is 5.75 Å². The molecule has 0 saturated carbocycles. The number of carbonyl (C=O) groups excluding carboxylic acids is 1. The SMILES string of the molecule is CCOc1ccc(N=C2NC(=O)/C(=C/c3ccc(Br)o3)S2)cc1. The fourth-order valence-corrected chi connectivity index (χ4v) is 3.06. The molecule has 1 aromatic heterocycles. The summed E-state index contributed by atoms with van der Waals surface area (Å²) in [6, 6.07) is 10.9. The van der Waals surface area contributed by atoms with Gasteiger partial charge in [-0.1, -0.05) is 0 Å². The van der Waals surface area contributed by atoms with Crippen LogP contribution in [0.3, 0.4) is 0 Å². The lowest BCUT2D eigenvalue weighted by molar-refractivity contribution is -0.115. The van der Waals surface area contributed by atoms with Gasteiger partial charge >= 0.3 is 0 Å². The highest BCUT2D eigenvalue weighted by Gasteiger charge is 2.24. The first kappa shape index (κ1) is 15.9. The van der Waals surface area contributed by atoms with Gasteiger partial charge in [-0.2, -0.15) is 0 Å². The molecule has 23 heavy (non-hydrogen) atoms. The molecule has 7 heteroatoms. The van der Waals surface area contributed by atoms with Crippen molar-refractivity contribution in [2.45, 2.75) is 6.92 Å². The highest BCUT2D eigenvalue weighted by Crippen LogP contribution is 2.29. The second kappa shape index (κ2) is 7.06. The van der Waals surface area contributed by atoms with Crippen molar-refractivity contribution in [3.8, 4) is 5.75 Å². The number of amidine groups is 1. The van der Waals surface area contributed by atoms with Gasteiger partial charge in [-0.15, -0.1) is 0 Å². The number of hydrogen-bond donors (Lipinski definition) is 1. The maximum Gasteiger partial charge on any atom is 0.264 e. The van der Waals surface area contributed by atoms with E-state index in [0.29, 0.717) is 27.1 Å². The Morgan fingerprint density at radius 2 is 2.09 bits per heavy atom. The van der Waals surface area contributed by atoms with E-state index in [9.17, 15) is 4.79 Å². The molecule has 1 fully saturated rings. The van der Waals surface area contributed by atoms with Crippen LogP contribution in [-0.4, -0.2) is 17.7 Å². The van der Waals surface area contributed by atoms with Crippen LogP contribution in [0.15, 0.2) is 55.4 Å². The number of nitrogens with zero attached hydrogens (tertiary/aromatic N) is 1. The average molecular weight is 393 g/mol. The summed E-state index contributed by atoms with van der Waals surface area (Å²) < 4.78 is 11.4. The molecule has 118 valence electrons. The molecule has 1 amide bonds. The first-order valence-corrected chi connectivity index (χ1v) is 8.53. The average Bonchev–Trinajstić information content (AvgIpc) is 3.08. The van der Waals surface area contributed by atoms with Crippen LogP contribution < -0.4 is 10.1 Å². The first-order chi connectivity index (χ1) is 11.1. The molecule has 1 aliphatic heterocycles. The number of nitrogens with one attached hydrogen (secondary N) is 1. The Bertz CT molecular complexity index is 781. The number of aliphatic imine (C=N–C) groups is 1. The van der Waals surface area contributed by atoms with Crippen molar-refractivity contribution >= 4 is 50.5 Å². The van der Waals surface area contributed by atoms with E-state index in [1.807, 2.05) is 31.2 Å². The lowest BCUT2D eigenvalue weighted by Gasteiger charge is -2.02. The third kappa shape index (κ3) is 4.05. The summed E-state index contributed by atoms with van der Waals surface area (Å²) in [4.78, 5) is 16.9. The van der Waals surface area contributed by atoms with Crippen molar-refractivity contribution < 1.29 is 13.9 Å². The second-order valence-electron chi connectivity index (χ2n) is 4.55. The topological polar surface area (TPSA) is 63.8 Å². The van der Waals surface area contributed by atoms with Crippen molar-refractivity contribution in [3.63, 3.8) is 0 Å². The molecular weight excluding hydrogens is 380 g/mol. The lowest BCUT2D eigenvalue weighted by atomic mass is 10.3. The van der Waals surface area contributed by atoms with Crippen LogP contribution in [0.1, 0.15) is 12.7 Å². The van der Waals surface area contributed by atoms with Gasteiger partial charge < -0.3 is 14.5 Å². The van der Waals surface area contributed by atoms with Gasteiger partial charge in [-0.05, 0) is 71.0 Å². The zero-order chi connectivity index (χ0) is 16.2. The van der Waals surface area contributed by atoms with Crippen molar-refractivity contribution in [1.29, 1.82) is 0 Å². The molecule has 1 N–H and O–H groups in total. The molecule has 5 nitrogen and oxygen atoms in total. The molecule has 0 radical (unpaired) electrons. The molecule has 1 aliphatic rings. The van der Waals surface area contributed by atoms with E-state index in [0.717, 1.165) is 11.4 Å². The minimum Gasteiger partial charge on any atom is -0.494 e. The van der Waals surface area contributed by atoms with Crippen LogP contribution >= 0.6 is 27.7 Å². The van der Waals surface area contributed by atoms with Crippen LogP contribution in [0.4, 0.5) is 5.69 Å². The van der Waals surface area contributed by atoms with E-state index >= 15 is 0 Å². The summed E-state index contributed by atoms with van der Waals surface area (Å²) in [7, 11) is 0. The van der Waals surface area contributed by atoms with Crippen molar-refractivity contribution in [2.75, 3.05) is 6.61 Å². The van der Waals surface area contributed by atoms with Gasteiger partial charge in [0.2, 0.25) is 0 Å². The third-order valence-corrected chi connectivity index (χ3v) is 4.23. The maximum absolute atomic E-state index is 12.0. The quantitative estimate of drug-likeness (QED) is 0.786. The van der Waals surface area contributed by atoms with Gasteiger partial charge in [-0.25, -0.2) is 4.99 Å². The molecule has 0 aliphatic carbocycles. The largest absolute Gasteiger partial charge is 0.494 e. The van der Waals surface area contributed by atoms with Crippen LogP contribution in [0.25, 0.3) is 6.08 Å². The van der Waals surface area contributed by atoms with Crippen LogP contribution in [0, 0.1) is 0 Å². The number of hydrogen-bond acceptors (Lipinski definition) is 5. The van der Waals surface area contributed by atoms with E-state index in [1.165, 1.54) is 11.8 Å². The fourth-order valence-electron chi connectivity index (χ4n) is 1.92. The molecule has 2 aromatic rings. The number of benzene rings is 1. The number of halogens is 1. The Kier molecular flexibility index (Phi) is 4.88. The Morgan fingerprint density at radius 3 is 2.74 bits per heavy atom. The fraction of sp³-hybridized carbons (Fsp3) is 0.125. The highest BCUT2D eigenvalue weighted by molar-refractivity contribution is 9.10. The van der Waals surface area contributed by atoms with Crippen LogP contribution in [0.2, 0.25) is 0 Å². The Balaban J connectivity index is 1.75. The van der Waals surface area contributed by atoms with E-state index in [1.54, 1.807) is 18.2 Å². The Morgan fingerprint density at radius 1 is 1.30 bits per heavy atom. The highest BCUT2D eigenvalue weighted by atomic mass is 79.9. The minimum absolute atomic E-state index is 0.188. The molecular formula is C16H13BrN2O3S. The zero-order valence-corrected chi connectivity index (χ0v) is 14.6. The monoisotopic (exact) mass is 392 g/mol. The number of rotatable bonds is 4. The Labute approximate surface area is 145 Å². The van der Waals surface area contributed by atoms with E-state index < -0.39 is 0 Å². The second-order valence-corrected chi connectivity index (χ2v) is 6.36. The summed E-state index contributed by atoms with van der Waals surface area (Å²) in [6.07, 6.45) is 1.69. The van der Waals surface area contributed by atoms with Gasteiger partial charge in [0.05, 0.1) is 17.2 Å². The Hall–Kier alpha value is -1.99.